The van der Waals surface area contributed by atoms with Gasteiger partial charge in [-0.15, -0.1) is 0 Å². The Hall–Kier alpha value is -1.75. The minimum absolute atomic E-state index is 0.0677. The number of halogens is 5. The van der Waals surface area contributed by atoms with Crippen molar-refractivity contribution in [1.82, 2.24) is 0 Å². The number of benzene rings is 2. The van der Waals surface area contributed by atoms with Crippen LogP contribution in [0.2, 0.25) is 5.02 Å². The zero-order chi connectivity index (χ0) is 14.9. The second-order valence-electron chi connectivity index (χ2n) is 4.29. The lowest BCUT2D eigenvalue weighted by Crippen LogP contribution is -2.09. The third-order valence-corrected chi connectivity index (χ3v) is 3.12. The molecule has 0 spiro atoms. The molecule has 0 aliphatic carbocycles. The van der Waals surface area contributed by atoms with E-state index in [2.05, 4.69) is 5.32 Å². The van der Waals surface area contributed by atoms with Gasteiger partial charge in [-0.05, 0) is 24.6 Å². The highest BCUT2D eigenvalue weighted by molar-refractivity contribution is 6.30. The Labute approximate surface area is 118 Å². The topological polar surface area (TPSA) is 12.0 Å². The molecule has 1 unspecified atom stereocenters. The fraction of sp³-hybridized carbons (Fsp3) is 0.143. The molecule has 0 aliphatic heterocycles. The van der Waals surface area contributed by atoms with E-state index in [4.69, 9.17) is 11.6 Å². The van der Waals surface area contributed by atoms with Gasteiger partial charge in [0.05, 0.1) is 10.7 Å². The molecule has 1 N–H and O–H groups in total. The van der Waals surface area contributed by atoms with Crippen LogP contribution in [0.3, 0.4) is 0 Å². The molecule has 0 amide bonds. The fourth-order valence-corrected chi connectivity index (χ4v) is 1.92. The molecule has 1 atom stereocenters. The predicted molar refractivity (Wildman–Crippen MR) is 69.8 cm³/mol. The van der Waals surface area contributed by atoms with Gasteiger partial charge in [-0.3, -0.25) is 0 Å². The molecule has 0 aromatic heterocycles. The molecule has 0 radical (unpaired) electrons. The molecule has 0 saturated carbocycles. The maximum Gasteiger partial charge on any atom is 0.161 e. The quantitative estimate of drug-likeness (QED) is 0.616. The summed E-state index contributed by atoms with van der Waals surface area (Å²) in [5, 5.41) is 2.61. The molecule has 0 heterocycles. The number of anilines is 1. The van der Waals surface area contributed by atoms with Crippen LogP contribution in [0.1, 0.15) is 18.5 Å². The second kappa shape index (κ2) is 5.71. The minimum atomic E-state index is -1.26. The van der Waals surface area contributed by atoms with Gasteiger partial charge in [-0.25, -0.2) is 17.6 Å². The molecular weight excluding hydrogens is 294 g/mol. The second-order valence-corrected chi connectivity index (χ2v) is 4.69. The van der Waals surface area contributed by atoms with Crippen LogP contribution in [0.25, 0.3) is 0 Å². The van der Waals surface area contributed by atoms with Crippen LogP contribution in [-0.4, -0.2) is 0 Å². The highest BCUT2D eigenvalue weighted by Gasteiger charge is 2.13. The summed E-state index contributed by atoms with van der Waals surface area (Å²) in [6.45, 7) is 1.66. The van der Waals surface area contributed by atoms with Crippen molar-refractivity contribution in [1.29, 1.82) is 0 Å². The van der Waals surface area contributed by atoms with Crippen LogP contribution in [0.4, 0.5) is 23.2 Å². The lowest BCUT2D eigenvalue weighted by molar-refractivity contribution is 0.495. The summed E-state index contributed by atoms with van der Waals surface area (Å²) in [6, 6.07) is 4.75. The van der Waals surface area contributed by atoms with Gasteiger partial charge in [0.2, 0.25) is 0 Å². The van der Waals surface area contributed by atoms with Crippen molar-refractivity contribution in [3.63, 3.8) is 0 Å². The van der Waals surface area contributed by atoms with E-state index in [-0.39, 0.29) is 10.7 Å². The highest BCUT2D eigenvalue weighted by Crippen LogP contribution is 2.26. The first-order valence-corrected chi connectivity index (χ1v) is 6.12. The highest BCUT2D eigenvalue weighted by atomic mass is 35.5. The number of hydrogen-bond donors (Lipinski definition) is 1. The van der Waals surface area contributed by atoms with Crippen molar-refractivity contribution in [3.8, 4) is 0 Å². The van der Waals surface area contributed by atoms with E-state index in [0.29, 0.717) is 11.6 Å². The summed E-state index contributed by atoms with van der Waals surface area (Å²) in [5.74, 6) is -3.89. The smallest absolute Gasteiger partial charge is 0.161 e. The Morgan fingerprint density at radius 1 is 0.900 bits per heavy atom. The van der Waals surface area contributed by atoms with E-state index in [1.165, 1.54) is 18.2 Å². The third-order valence-electron chi connectivity index (χ3n) is 2.83. The van der Waals surface area contributed by atoms with Crippen molar-refractivity contribution >= 4 is 17.3 Å². The van der Waals surface area contributed by atoms with E-state index in [0.717, 1.165) is 6.07 Å². The van der Waals surface area contributed by atoms with Gasteiger partial charge in [-0.1, -0.05) is 17.7 Å². The van der Waals surface area contributed by atoms with Gasteiger partial charge in [0, 0.05) is 18.2 Å². The molecule has 0 saturated heterocycles. The van der Waals surface area contributed by atoms with E-state index in [1.807, 2.05) is 0 Å². The molecule has 1 nitrogen and oxygen atoms in total. The Morgan fingerprint density at radius 2 is 1.55 bits per heavy atom. The zero-order valence-corrected chi connectivity index (χ0v) is 11.1. The van der Waals surface area contributed by atoms with Gasteiger partial charge >= 0.3 is 0 Å². The molecule has 2 aromatic carbocycles. The fourth-order valence-electron chi connectivity index (χ4n) is 1.73. The standard InChI is InChI=1S/C14H10ClF4N/c1-7(8-2-3-10(16)9(15)4-8)20-14-6-12(18)11(17)5-13(14)19/h2-7,20H,1H3. The van der Waals surface area contributed by atoms with Crippen LogP contribution < -0.4 is 5.32 Å². The van der Waals surface area contributed by atoms with Crippen LogP contribution in [0.15, 0.2) is 30.3 Å². The molecule has 2 aromatic rings. The maximum atomic E-state index is 13.5. The molecule has 0 aliphatic rings. The molecule has 20 heavy (non-hydrogen) atoms. The number of nitrogens with one attached hydrogen (secondary N) is 1. The van der Waals surface area contributed by atoms with Crippen molar-refractivity contribution in [3.05, 3.63) is 64.2 Å². The van der Waals surface area contributed by atoms with Gasteiger partial charge < -0.3 is 5.32 Å². The predicted octanol–water partition coefficient (Wildman–Crippen LogP) is 5.07. The minimum Gasteiger partial charge on any atom is -0.376 e. The van der Waals surface area contributed by atoms with E-state index in [1.54, 1.807) is 6.92 Å². The molecular formula is C14H10ClF4N. The van der Waals surface area contributed by atoms with Crippen LogP contribution in [0.5, 0.6) is 0 Å². The van der Waals surface area contributed by atoms with Gasteiger partial charge in [0.15, 0.2) is 11.6 Å². The lowest BCUT2D eigenvalue weighted by Gasteiger charge is -2.17. The van der Waals surface area contributed by atoms with Crippen LogP contribution in [0, 0.1) is 23.3 Å². The normalized spacial score (nSPS) is 12.3. The largest absolute Gasteiger partial charge is 0.376 e. The summed E-state index contributed by atoms with van der Waals surface area (Å²) >= 11 is 5.65. The number of hydrogen-bond acceptors (Lipinski definition) is 1. The monoisotopic (exact) mass is 303 g/mol. The molecule has 0 bridgehead atoms. The average molecular weight is 304 g/mol. The van der Waals surface area contributed by atoms with Crippen molar-refractivity contribution < 1.29 is 17.6 Å². The van der Waals surface area contributed by atoms with Gasteiger partial charge in [-0.2, -0.15) is 0 Å². The Balaban J connectivity index is 2.25. The Morgan fingerprint density at radius 3 is 2.20 bits per heavy atom. The summed E-state index contributed by atoms with van der Waals surface area (Å²) in [6.07, 6.45) is 0. The first-order chi connectivity index (χ1) is 9.38. The first-order valence-electron chi connectivity index (χ1n) is 5.74. The lowest BCUT2D eigenvalue weighted by atomic mass is 10.1. The Bertz CT molecular complexity index is 645. The van der Waals surface area contributed by atoms with Crippen molar-refractivity contribution in [2.45, 2.75) is 13.0 Å². The maximum absolute atomic E-state index is 13.5. The summed E-state index contributed by atoms with van der Waals surface area (Å²) < 4.78 is 52.4. The average Bonchev–Trinajstić information content (AvgIpc) is 2.39. The molecule has 0 fully saturated rings. The summed E-state index contributed by atoms with van der Waals surface area (Å²) in [5.41, 5.74) is 0.400. The SMILES string of the molecule is CC(Nc1cc(F)c(F)cc1F)c1ccc(F)c(Cl)c1. The zero-order valence-electron chi connectivity index (χ0n) is 10.4. The summed E-state index contributed by atoms with van der Waals surface area (Å²) in [4.78, 5) is 0. The van der Waals surface area contributed by atoms with Crippen LogP contribution in [-0.2, 0) is 0 Å². The van der Waals surface area contributed by atoms with Crippen molar-refractivity contribution in [2.75, 3.05) is 5.32 Å². The van der Waals surface area contributed by atoms with Gasteiger partial charge in [0.25, 0.3) is 0 Å². The molecule has 2 rings (SSSR count). The first kappa shape index (κ1) is 14.7. The van der Waals surface area contributed by atoms with Crippen LogP contribution >= 0.6 is 11.6 Å². The number of rotatable bonds is 3. The van der Waals surface area contributed by atoms with E-state index < -0.39 is 29.3 Å². The molecule has 6 heteroatoms. The van der Waals surface area contributed by atoms with E-state index >= 15 is 0 Å². The van der Waals surface area contributed by atoms with Crippen molar-refractivity contribution in [2.24, 2.45) is 0 Å². The Kier molecular flexibility index (Phi) is 4.18. The van der Waals surface area contributed by atoms with Gasteiger partial charge in [0.1, 0.15) is 11.6 Å². The summed E-state index contributed by atoms with van der Waals surface area (Å²) in [7, 11) is 0. The third kappa shape index (κ3) is 3.04. The molecule has 106 valence electrons. The van der Waals surface area contributed by atoms with E-state index in [9.17, 15) is 17.6 Å².